The van der Waals surface area contributed by atoms with Crippen molar-refractivity contribution in [3.05, 3.63) is 81.0 Å². The van der Waals surface area contributed by atoms with Crippen molar-refractivity contribution in [1.29, 1.82) is 0 Å². The van der Waals surface area contributed by atoms with Crippen molar-refractivity contribution in [2.24, 2.45) is 0 Å². The Balaban J connectivity index is 1.85. The van der Waals surface area contributed by atoms with Crippen LogP contribution in [0.5, 0.6) is 0 Å². The van der Waals surface area contributed by atoms with E-state index < -0.39 is 16.5 Å². The molecule has 0 aliphatic carbocycles. The van der Waals surface area contributed by atoms with Gasteiger partial charge in [-0.3, -0.25) is 9.36 Å². The van der Waals surface area contributed by atoms with Gasteiger partial charge in [-0.1, -0.05) is 15.8 Å². The summed E-state index contributed by atoms with van der Waals surface area (Å²) in [6, 6.07) is 14.0. The lowest BCUT2D eigenvalue weighted by atomic mass is 10.1. The number of anilines is 1. The fourth-order valence-electron chi connectivity index (χ4n) is 3.12. The Hall–Kier alpha value is -2.71. The van der Waals surface area contributed by atoms with Gasteiger partial charge in [0.15, 0.2) is 5.82 Å². The van der Waals surface area contributed by atoms with Crippen molar-refractivity contribution in [1.82, 2.24) is 9.72 Å². The van der Waals surface area contributed by atoms with Gasteiger partial charge in [-0.05, 0) is 82.5 Å². The summed E-state index contributed by atoms with van der Waals surface area (Å²) in [4.78, 5) is 13.7. The molecule has 0 saturated carbocycles. The molecule has 4 rings (SSSR count). The van der Waals surface area contributed by atoms with E-state index in [-0.39, 0.29) is 5.56 Å². The smallest absolute Gasteiger partial charge is 0.255 e. The molecule has 0 bridgehead atoms. The highest BCUT2D eigenvalue weighted by atomic mass is 79.9. The molecule has 2 heterocycles. The first-order chi connectivity index (χ1) is 14.0. The molecule has 148 valence electrons. The van der Waals surface area contributed by atoms with Crippen molar-refractivity contribution < 1.29 is 8.91 Å². The number of halogens is 2. The molecule has 5 nitrogen and oxygen atoms in total. The summed E-state index contributed by atoms with van der Waals surface area (Å²) in [6.07, 6.45) is 1.51. The zero-order valence-electron chi connectivity index (χ0n) is 15.6. The summed E-state index contributed by atoms with van der Waals surface area (Å²) in [7, 11) is -0.399. The highest BCUT2D eigenvalue weighted by Crippen LogP contribution is 2.31. The molecule has 0 fully saturated rings. The molecule has 0 radical (unpaired) electrons. The number of nitrogens with one attached hydrogen (secondary N) is 1. The Kier molecular flexibility index (Phi) is 5.38. The van der Waals surface area contributed by atoms with Crippen LogP contribution in [0.1, 0.15) is 12.5 Å². The second-order valence-electron chi connectivity index (χ2n) is 6.34. The van der Waals surface area contributed by atoms with E-state index in [2.05, 4.69) is 25.8 Å². The number of hydrogen-bond donors (Lipinski definition) is 1. The topological polar surface area (TPSA) is 60.1 Å². The first-order valence-electron chi connectivity index (χ1n) is 8.79. The Morgan fingerprint density at radius 1 is 1.21 bits per heavy atom. The molecule has 1 atom stereocenters. The molecule has 29 heavy (non-hydrogen) atoms. The molecule has 0 aliphatic heterocycles. The average Bonchev–Trinajstić information content (AvgIpc) is 3.22. The number of fused-ring (bicyclic) bond motifs is 1. The fraction of sp³-hybridized carbons (Fsp3) is 0.0952. The first-order valence-corrected chi connectivity index (χ1v) is 10.9. The Morgan fingerprint density at radius 2 is 2.03 bits per heavy atom. The van der Waals surface area contributed by atoms with Crippen LogP contribution in [0.15, 0.2) is 73.5 Å². The number of rotatable bonds is 4. The van der Waals surface area contributed by atoms with Crippen LogP contribution in [0.3, 0.4) is 0 Å². The van der Waals surface area contributed by atoms with Crippen LogP contribution in [-0.2, 0) is 0 Å². The molecule has 8 heteroatoms. The van der Waals surface area contributed by atoms with Gasteiger partial charge in [0.2, 0.25) is 0 Å². The lowest BCUT2D eigenvalue weighted by Crippen LogP contribution is -2.18. The zero-order valence-corrected chi connectivity index (χ0v) is 18.1. The Bertz CT molecular complexity index is 1300. The second kappa shape index (κ2) is 7.96. The molecule has 0 spiro atoms. The fourth-order valence-corrected chi connectivity index (χ4v) is 4.88. The monoisotopic (exact) mass is 473 g/mol. The number of hydrogen-bond acceptors (Lipinski definition) is 4. The summed E-state index contributed by atoms with van der Waals surface area (Å²) in [5.74, 6) is 0.238. The van der Waals surface area contributed by atoms with Crippen LogP contribution in [0, 0.1) is 12.7 Å². The molecular weight excluding hydrogens is 457 g/mol. The molecule has 1 unspecified atom stereocenters. The maximum absolute atomic E-state index is 14.2. The number of aryl methyl sites for hydroxylation is 1. The van der Waals surface area contributed by atoms with E-state index in [1.165, 1.54) is 18.4 Å². The van der Waals surface area contributed by atoms with E-state index in [0.29, 0.717) is 21.5 Å². The standard InChI is InChI=1S/C21H17BrFN3O2S/c1-3-29(25-20-8-9-28-24-20)15-5-6-18-14(11-15)4-7-21(27)26(18)19-12-17(23)16(22)10-13(19)2/h3-12H,1-2H3,(H,24,25). The van der Waals surface area contributed by atoms with E-state index in [1.54, 1.807) is 22.8 Å². The molecular formula is C21H17BrFN3O2S. The summed E-state index contributed by atoms with van der Waals surface area (Å²) in [6.45, 7) is 3.82. The third-order valence-corrected chi connectivity index (χ3v) is 6.76. The SMILES string of the molecule is C/C=S(/Nc1ccon1)c1ccc2c(ccc(=O)n2-c2cc(F)c(Br)cc2C)c1. The number of pyridine rings is 1. The van der Waals surface area contributed by atoms with Gasteiger partial charge < -0.3 is 9.25 Å². The van der Waals surface area contributed by atoms with Gasteiger partial charge in [0.25, 0.3) is 5.56 Å². The summed E-state index contributed by atoms with van der Waals surface area (Å²) >= 11 is 3.19. The van der Waals surface area contributed by atoms with Crippen LogP contribution < -0.4 is 10.3 Å². The molecule has 0 aliphatic rings. The molecule has 0 saturated heterocycles. The maximum Gasteiger partial charge on any atom is 0.255 e. The van der Waals surface area contributed by atoms with Gasteiger partial charge in [0, 0.05) is 17.0 Å². The molecule has 2 aromatic heterocycles. The minimum absolute atomic E-state index is 0.211. The number of nitrogens with zero attached hydrogens (tertiary/aromatic N) is 2. The minimum atomic E-state index is -0.412. The quantitative estimate of drug-likeness (QED) is 0.388. The van der Waals surface area contributed by atoms with Gasteiger partial charge in [-0.15, -0.1) is 0 Å². The third-order valence-electron chi connectivity index (χ3n) is 4.49. The van der Waals surface area contributed by atoms with Crippen LogP contribution >= 0.6 is 26.6 Å². The van der Waals surface area contributed by atoms with E-state index in [4.69, 9.17) is 4.52 Å². The minimum Gasteiger partial charge on any atom is -0.363 e. The zero-order chi connectivity index (χ0) is 20.5. The van der Waals surface area contributed by atoms with Crippen LogP contribution in [0.25, 0.3) is 16.6 Å². The summed E-state index contributed by atoms with van der Waals surface area (Å²) < 4.78 is 24.3. The molecule has 0 amide bonds. The van der Waals surface area contributed by atoms with Gasteiger partial charge in [0.05, 0.1) is 15.7 Å². The highest BCUT2D eigenvalue weighted by Gasteiger charge is 2.12. The van der Waals surface area contributed by atoms with Crippen LogP contribution in [0.4, 0.5) is 10.2 Å². The molecule has 4 aromatic rings. The van der Waals surface area contributed by atoms with E-state index in [1.807, 2.05) is 37.4 Å². The molecule has 2 aromatic carbocycles. The number of aromatic nitrogens is 2. The van der Waals surface area contributed by atoms with Crippen molar-refractivity contribution >= 4 is 48.7 Å². The predicted molar refractivity (Wildman–Crippen MR) is 120 cm³/mol. The van der Waals surface area contributed by atoms with E-state index in [9.17, 15) is 9.18 Å². The normalized spacial score (nSPS) is 12.4. The van der Waals surface area contributed by atoms with Crippen molar-refractivity contribution in [3.8, 4) is 5.69 Å². The lowest BCUT2D eigenvalue weighted by molar-refractivity contribution is 0.423. The highest BCUT2D eigenvalue weighted by molar-refractivity contribution is 9.10. The van der Waals surface area contributed by atoms with Crippen LogP contribution in [-0.4, -0.2) is 15.1 Å². The maximum atomic E-state index is 14.2. The van der Waals surface area contributed by atoms with E-state index >= 15 is 0 Å². The lowest BCUT2D eigenvalue weighted by Gasteiger charge is -2.15. The third kappa shape index (κ3) is 3.77. The van der Waals surface area contributed by atoms with Gasteiger partial charge >= 0.3 is 0 Å². The largest absolute Gasteiger partial charge is 0.363 e. The summed E-state index contributed by atoms with van der Waals surface area (Å²) in [5.41, 5.74) is 1.83. The Morgan fingerprint density at radius 3 is 2.76 bits per heavy atom. The molecule has 1 N–H and O–H groups in total. The predicted octanol–water partition coefficient (Wildman–Crippen LogP) is 5.67. The van der Waals surface area contributed by atoms with E-state index in [0.717, 1.165) is 15.8 Å². The first kappa shape index (κ1) is 19.6. The van der Waals surface area contributed by atoms with Gasteiger partial charge in [-0.2, -0.15) is 0 Å². The Labute approximate surface area is 177 Å². The van der Waals surface area contributed by atoms with Crippen molar-refractivity contribution in [2.45, 2.75) is 18.7 Å². The second-order valence-corrected chi connectivity index (χ2v) is 9.02. The van der Waals surface area contributed by atoms with Crippen molar-refractivity contribution in [2.75, 3.05) is 4.72 Å². The van der Waals surface area contributed by atoms with Gasteiger partial charge in [-0.25, -0.2) is 4.39 Å². The summed E-state index contributed by atoms with van der Waals surface area (Å²) in [5, 5.41) is 6.82. The average molecular weight is 474 g/mol. The van der Waals surface area contributed by atoms with Gasteiger partial charge in [0.1, 0.15) is 12.1 Å². The van der Waals surface area contributed by atoms with Crippen LogP contribution in [0.2, 0.25) is 0 Å². The van der Waals surface area contributed by atoms with Crippen molar-refractivity contribution in [3.63, 3.8) is 0 Å². The number of benzene rings is 2.